The number of benzene rings is 3. The molecule has 0 saturated heterocycles. The fourth-order valence-corrected chi connectivity index (χ4v) is 6.51. The topological polar surface area (TPSA) is 114 Å². The van der Waals surface area contributed by atoms with Gasteiger partial charge < -0.3 is 20.1 Å². The van der Waals surface area contributed by atoms with Gasteiger partial charge in [-0.3, -0.25) is 19.1 Å². The fourth-order valence-electron chi connectivity index (χ4n) is 6.24. The highest BCUT2D eigenvalue weighted by atomic mass is 35.5. The summed E-state index contributed by atoms with van der Waals surface area (Å²) >= 11 is 6.39. The largest absolute Gasteiger partial charge is 0.493 e. The van der Waals surface area contributed by atoms with Crippen LogP contribution in [0.4, 0.5) is 10.1 Å². The van der Waals surface area contributed by atoms with Crippen molar-refractivity contribution in [1.29, 1.82) is 0 Å². The number of nitrogens with zero attached hydrogens (tertiary/aromatic N) is 3. The number of halogens is 2. The van der Waals surface area contributed by atoms with Crippen LogP contribution in [0.5, 0.6) is 5.75 Å². The first-order valence-corrected chi connectivity index (χ1v) is 16.1. The van der Waals surface area contributed by atoms with Crippen molar-refractivity contribution in [2.45, 2.75) is 52.0 Å². The molecule has 3 aromatic carbocycles. The third-order valence-corrected chi connectivity index (χ3v) is 9.36. The van der Waals surface area contributed by atoms with E-state index in [-0.39, 0.29) is 41.6 Å². The van der Waals surface area contributed by atoms with Crippen LogP contribution in [-0.2, 0) is 16.1 Å². The molecule has 0 radical (unpaired) electrons. The lowest BCUT2D eigenvalue weighted by Crippen LogP contribution is -2.36. The summed E-state index contributed by atoms with van der Waals surface area (Å²) in [6, 6.07) is 14.4. The summed E-state index contributed by atoms with van der Waals surface area (Å²) in [6.07, 6.45) is 5.35. The number of amides is 2. The quantitative estimate of drug-likeness (QED) is 0.168. The van der Waals surface area contributed by atoms with Gasteiger partial charge >= 0.3 is 5.97 Å². The van der Waals surface area contributed by atoms with Crippen molar-refractivity contribution >= 4 is 35.1 Å². The molecule has 2 aliphatic rings. The monoisotopic (exact) mass is 658 g/mol. The summed E-state index contributed by atoms with van der Waals surface area (Å²) in [4.78, 5) is 38.4. The number of fused-ring (bicyclic) bond motifs is 3. The normalized spacial score (nSPS) is 16.3. The maximum Gasteiger partial charge on any atom is 0.305 e. The van der Waals surface area contributed by atoms with Crippen LogP contribution in [-0.4, -0.2) is 52.4 Å². The first kappa shape index (κ1) is 32.2. The number of rotatable bonds is 12. The van der Waals surface area contributed by atoms with Gasteiger partial charge in [-0.15, -0.1) is 0 Å². The Kier molecular flexibility index (Phi) is 9.31. The van der Waals surface area contributed by atoms with E-state index < -0.39 is 17.7 Å². The molecule has 2 heterocycles. The number of ether oxygens (including phenoxy) is 1. The molecule has 2 unspecified atom stereocenters. The van der Waals surface area contributed by atoms with Gasteiger partial charge in [0, 0.05) is 53.1 Å². The number of hydrogen-bond acceptors (Lipinski definition) is 5. The lowest BCUT2D eigenvalue weighted by atomic mass is 9.92. The van der Waals surface area contributed by atoms with Crippen LogP contribution < -0.4 is 15.0 Å². The van der Waals surface area contributed by atoms with Crippen LogP contribution >= 0.6 is 11.6 Å². The summed E-state index contributed by atoms with van der Waals surface area (Å²) < 4.78 is 22.7. The molecule has 244 valence electrons. The highest BCUT2D eigenvalue weighted by molar-refractivity contribution is 6.31. The Morgan fingerprint density at radius 1 is 1.13 bits per heavy atom. The second-order valence-corrected chi connectivity index (χ2v) is 12.6. The number of aliphatic carboxylic acids is 1. The Bertz CT molecular complexity index is 1830. The van der Waals surface area contributed by atoms with Crippen molar-refractivity contribution in [1.82, 2.24) is 15.1 Å². The Balaban J connectivity index is 1.14. The zero-order valence-electron chi connectivity index (χ0n) is 26.3. The van der Waals surface area contributed by atoms with E-state index in [0.29, 0.717) is 37.8 Å². The molecule has 0 spiro atoms. The standard InChI is InChI=1S/C36H36ClFN4O5/c1-21-6-3-9-32(22(21)2)47-13-5-10-33(43)42-19-24-14-27(24)35-26(7-4-8-31(35)42)25-17-40-41(18-25)20-28-29(37)15-23(16-30(28)38)36(46)39-12-11-34(44)45/h3-4,6-9,15-18,24,27H,5,10-14,19-20H2,1-2H3,(H,39,46)(H,44,45). The first-order chi connectivity index (χ1) is 22.6. The molecule has 2 amide bonds. The molecular weight excluding hydrogens is 623 g/mol. The van der Waals surface area contributed by atoms with Crippen molar-refractivity contribution < 1.29 is 28.6 Å². The molecule has 4 aromatic rings. The van der Waals surface area contributed by atoms with Crippen molar-refractivity contribution in [3.63, 3.8) is 0 Å². The van der Waals surface area contributed by atoms with E-state index in [1.807, 2.05) is 48.4 Å². The van der Waals surface area contributed by atoms with Gasteiger partial charge in [0.15, 0.2) is 0 Å². The molecule has 0 bridgehead atoms. The van der Waals surface area contributed by atoms with E-state index in [1.165, 1.54) is 11.6 Å². The van der Waals surface area contributed by atoms with Crippen LogP contribution in [0.3, 0.4) is 0 Å². The molecular formula is C36H36ClFN4O5. The number of carbonyl (C=O) groups is 3. The Morgan fingerprint density at radius 3 is 2.72 bits per heavy atom. The summed E-state index contributed by atoms with van der Waals surface area (Å²) in [5.41, 5.74) is 6.40. The number of carboxylic acid groups (broad SMARTS) is 1. The first-order valence-electron chi connectivity index (χ1n) is 15.7. The van der Waals surface area contributed by atoms with E-state index in [4.69, 9.17) is 21.4 Å². The van der Waals surface area contributed by atoms with Crippen LogP contribution in [0.15, 0.2) is 60.9 Å². The number of carboxylic acids is 1. The van der Waals surface area contributed by atoms with Gasteiger partial charge in [0.1, 0.15) is 11.6 Å². The summed E-state index contributed by atoms with van der Waals surface area (Å²) in [5, 5.41) is 15.8. The molecule has 2 N–H and O–H groups in total. The lowest BCUT2D eigenvalue weighted by Gasteiger charge is -2.30. The average molecular weight is 659 g/mol. The number of anilines is 1. The van der Waals surface area contributed by atoms with Gasteiger partial charge in [-0.2, -0.15) is 5.10 Å². The SMILES string of the molecule is Cc1cccc(OCCCC(=O)N2CC3CC3c3c(-c4cnn(Cc5c(F)cc(C(=O)NCCC(=O)O)cc5Cl)c4)cccc32)c1C. The molecule has 1 fully saturated rings. The van der Waals surface area contributed by atoms with Crippen molar-refractivity contribution in [2.75, 3.05) is 24.6 Å². The number of aryl methyl sites for hydroxylation is 1. The number of nitrogens with one attached hydrogen (secondary N) is 1. The van der Waals surface area contributed by atoms with Crippen molar-refractivity contribution in [2.24, 2.45) is 5.92 Å². The second kappa shape index (κ2) is 13.6. The van der Waals surface area contributed by atoms with Gasteiger partial charge in [0.2, 0.25) is 5.91 Å². The summed E-state index contributed by atoms with van der Waals surface area (Å²) in [6.45, 7) is 5.23. The van der Waals surface area contributed by atoms with Gasteiger partial charge in [0.25, 0.3) is 5.91 Å². The predicted octanol–water partition coefficient (Wildman–Crippen LogP) is 6.52. The summed E-state index contributed by atoms with van der Waals surface area (Å²) in [5.74, 6) is -0.587. The molecule has 1 saturated carbocycles. The van der Waals surface area contributed by atoms with E-state index in [2.05, 4.69) is 23.4 Å². The molecule has 2 atom stereocenters. The van der Waals surface area contributed by atoms with Crippen LogP contribution in [0.2, 0.25) is 5.02 Å². The lowest BCUT2D eigenvalue weighted by molar-refractivity contribution is -0.136. The smallest absolute Gasteiger partial charge is 0.305 e. The molecule has 1 aromatic heterocycles. The predicted molar refractivity (Wildman–Crippen MR) is 177 cm³/mol. The molecule has 1 aliphatic heterocycles. The van der Waals surface area contributed by atoms with Crippen LogP contribution in [0, 0.1) is 25.6 Å². The average Bonchev–Trinajstić information content (AvgIpc) is 3.69. The maximum atomic E-state index is 15.1. The second-order valence-electron chi connectivity index (χ2n) is 12.2. The minimum Gasteiger partial charge on any atom is -0.493 e. The Hall–Kier alpha value is -4.70. The van der Waals surface area contributed by atoms with Gasteiger partial charge in [-0.25, -0.2) is 4.39 Å². The third kappa shape index (κ3) is 7.02. The van der Waals surface area contributed by atoms with Gasteiger partial charge in [0.05, 0.1) is 25.8 Å². The molecule has 47 heavy (non-hydrogen) atoms. The van der Waals surface area contributed by atoms with Crippen molar-refractivity contribution in [3.05, 3.63) is 99.6 Å². The zero-order valence-corrected chi connectivity index (χ0v) is 27.0. The van der Waals surface area contributed by atoms with E-state index >= 15 is 4.39 Å². The van der Waals surface area contributed by atoms with Crippen LogP contribution in [0.1, 0.15) is 64.2 Å². The molecule has 1 aliphatic carbocycles. The number of hydrogen-bond donors (Lipinski definition) is 2. The fraction of sp³-hybridized carbons (Fsp3) is 0.333. The Morgan fingerprint density at radius 2 is 1.94 bits per heavy atom. The summed E-state index contributed by atoms with van der Waals surface area (Å²) in [7, 11) is 0. The highest BCUT2D eigenvalue weighted by Gasteiger charge is 2.47. The highest BCUT2D eigenvalue weighted by Crippen LogP contribution is 2.57. The third-order valence-electron chi connectivity index (χ3n) is 9.02. The van der Waals surface area contributed by atoms with Gasteiger partial charge in [-0.1, -0.05) is 35.9 Å². The number of aromatic nitrogens is 2. The Labute approximate surface area is 277 Å². The molecule has 11 heteroatoms. The van der Waals surface area contributed by atoms with Gasteiger partial charge in [-0.05, 0) is 85.0 Å². The number of carbonyl (C=O) groups excluding carboxylic acids is 2. The zero-order chi connectivity index (χ0) is 33.2. The minimum absolute atomic E-state index is 0.00527. The van der Waals surface area contributed by atoms with Crippen LogP contribution in [0.25, 0.3) is 11.1 Å². The minimum atomic E-state index is -1.05. The van der Waals surface area contributed by atoms with Crippen molar-refractivity contribution in [3.8, 4) is 16.9 Å². The van der Waals surface area contributed by atoms with E-state index in [9.17, 15) is 14.4 Å². The molecule has 6 rings (SSSR count). The van der Waals surface area contributed by atoms with E-state index in [0.717, 1.165) is 46.2 Å². The van der Waals surface area contributed by atoms with E-state index in [1.54, 1.807) is 10.9 Å². The molecule has 9 nitrogen and oxygen atoms in total. The maximum absolute atomic E-state index is 15.1.